The van der Waals surface area contributed by atoms with Crippen LogP contribution in [-0.4, -0.2) is 32.0 Å². The maximum absolute atomic E-state index is 11.7. The predicted octanol–water partition coefficient (Wildman–Crippen LogP) is 2.34. The van der Waals surface area contributed by atoms with Crippen molar-refractivity contribution < 1.29 is 9.53 Å². The third-order valence-electron chi connectivity index (χ3n) is 1.98. The third-order valence-corrected chi connectivity index (χ3v) is 1.98. The summed E-state index contributed by atoms with van der Waals surface area (Å²) >= 11 is 0. The van der Waals surface area contributed by atoms with E-state index in [2.05, 4.69) is 10.0 Å². The number of hydrogen-bond acceptors (Lipinski definition) is 3. The number of amides is 1. The molecule has 0 atom stereocenters. The van der Waals surface area contributed by atoms with Crippen LogP contribution in [0.5, 0.6) is 5.75 Å². The minimum absolute atomic E-state index is 0.156. The van der Waals surface area contributed by atoms with Crippen molar-refractivity contribution in [2.45, 2.75) is 0 Å². The fraction of sp³-hybridized carbons (Fsp3) is 0.300. The Morgan fingerprint density at radius 1 is 1.50 bits per heavy atom. The molecule has 84 valence electrons. The summed E-state index contributed by atoms with van der Waals surface area (Å²) in [4.78, 5) is 15.8. The number of ether oxygens (including phenoxy) is 1. The fourth-order valence-electron chi connectivity index (χ4n) is 1.21. The van der Waals surface area contributed by atoms with Crippen molar-refractivity contribution >= 4 is 11.6 Å². The van der Waals surface area contributed by atoms with Gasteiger partial charge in [-0.1, -0.05) is 5.11 Å². The largest absolute Gasteiger partial charge is 0.496 e. The molecule has 0 saturated carbocycles. The maximum Gasteiger partial charge on any atom is 0.253 e. The van der Waals surface area contributed by atoms with Crippen molar-refractivity contribution in [1.29, 1.82) is 0 Å². The quantitative estimate of drug-likeness (QED) is 0.445. The highest BCUT2D eigenvalue weighted by Crippen LogP contribution is 2.28. The van der Waals surface area contributed by atoms with Crippen LogP contribution in [0.4, 0.5) is 5.69 Å². The van der Waals surface area contributed by atoms with E-state index in [1.165, 1.54) is 18.1 Å². The second-order valence-electron chi connectivity index (χ2n) is 3.28. The van der Waals surface area contributed by atoms with Gasteiger partial charge in [0.05, 0.1) is 12.8 Å². The van der Waals surface area contributed by atoms with Gasteiger partial charge < -0.3 is 9.64 Å². The molecule has 0 radical (unpaired) electrons. The van der Waals surface area contributed by atoms with Crippen LogP contribution in [0.3, 0.4) is 0 Å². The third kappa shape index (κ3) is 2.43. The van der Waals surface area contributed by atoms with Gasteiger partial charge in [0.2, 0.25) is 0 Å². The van der Waals surface area contributed by atoms with Crippen molar-refractivity contribution in [3.8, 4) is 5.75 Å². The Morgan fingerprint density at radius 2 is 2.19 bits per heavy atom. The van der Waals surface area contributed by atoms with E-state index < -0.39 is 0 Å². The van der Waals surface area contributed by atoms with Crippen LogP contribution in [0.25, 0.3) is 10.4 Å². The van der Waals surface area contributed by atoms with Gasteiger partial charge in [-0.2, -0.15) is 0 Å². The van der Waals surface area contributed by atoms with Crippen molar-refractivity contribution in [3.05, 3.63) is 34.2 Å². The number of nitrogens with zero attached hydrogens (tertiary/aromatic N) is 4. The summed E-state index contributed by atoms with van der Waals surface area (Å²) in [5.74, 6) is 0.283. The summed E-state index contributed by atoms with van der Waals surface area (Å²) in [5.41, 5.74) is 9.14. The molecule has 0 saturated heterocycles. The van der Waals surface area contributed by atoms with E-state index in [0.29, 0.717) is 17.0 Å². The first-order chi connectivity index (χ1) is 7.60. The van der Waals surface area contributed by atoms with Crippen molar-refractivity contribution in [2.75, 3.05) is 21.2 Å². The number of carbonyl (C=O) groups excluding carboxylic acids is 1. The Bertz CT molecular complexity index is 450. The van der Waals surface area contributed by atoms with E-state index in [1.54, 1.807) is 26.2 Å². The van der Waals surface area contributed by atoms with E-state index in [1.807, 2.05) is 0 Å². The van der Waals surface area contributed by atoms with Gasteiger partial charge in [-0.3, -0.25) is 4.79 Å². The van der Waals surface area contributed by atoms with Crippen molar-refractivity contribution in [1.82, 2.24) is 4.90 Å². The lowest BCUT2D eigenvalue weighted by Crippen LogP contribution is -2.21. The predicted molar refractivity (Wildman–Crippen MR) is 59.8 cm³/mol. The first-order valence-electron chi connectivity index (χ1n) is 4.55. The van der Waals surface area contributed by atoms with Gasteiger partial charge in [-0.15, -0.1) is 0 Å². The maximum atomic E-state index is 11.7. The van der Waals surface area contributed by atoms with Gasteiger partial charge in [-0.25, -0.2) is 0 Å². The number of benzene rings is 1. The average Bonchev–Trinajstić information content (AvgIpc) is 2.28. The van der Waals surface area contributed by atoms with Gasteiger partial charge in [0.1, 0.15) is 5.75 Å². The number of hydrogen-bond donors (Lipinski definition) is 0. The zero-order chi connectivity index (χ0) is 12.1. The molecule has 1 rings (SSSR count). The van der Waals surface area contributed by atoms with Crippen molar-refractivity contribution in [3.63, 3.8) is 0 Å². The van der Waals surface area contributed by atoms with Gasteiger partial charge in [0.15, 0.2) is 0 Å². The average molecular weight is 220 g/mol. The van der Waals surface area contributed by atoms with Crippen LogP contribution in [0.15, 0.2) is 23.3 Å². The highest BCUT2D eigenvalue weighted by atomic mass is 16.5. The van der Waals surface area contributed by atoms with Gasteiger partial charge in [0.25, 0.3) is 5.91 Å². The Hall–Kier alpha value is -2.20. The molecule has 0 unspecified atom stereocenters. The zero-order valence-electron chi connectivity index (χ0n) is 9.34. The highest BCUT2D eigenvalue weighted by molar-refractivity contribution is 5.95. The molecule has 6 nitrogen and oxygen atoms in total. The first-order valence-corrected chi connectivity index (χ1v) is 4.55. The molecule has 0 aliphatic rings. The summed E-state index contributed by atoms with van der Waals surface area (Å²) in [6, 6.07) is 4.72. The highest BCUT2D eigenvalue weighted by Gasteiger charge is 2.10. The second-order valence-corrected chi connectivity index (χ2v) is 3.28. The molecule has 0 bridgehead atoms. The molecule has 0 aliphatic heterocycles. The molecule has 1 amide bonds. The number of rotatable bonds is 3. The summed E-state index contributed by atoms with van der Waals surface area (Å²) in [6.45, 7) is 0. The van der Waals surface area contributed by atoms with E-state index >= 15 is 0 Å². The van der Waals surface area contributed by atoms with E-state index in [9.17, 15) is 4.79 Å². The summed E-state index contributed by atoms with van der Waals surface area (Å²) < 4.78 is 5.00. The smallest absolute Gasteiger partial charge is 0.253 e. The van der Waals surface area contributed by atoms with Gasteiger partial charge in [-0.05, 0) is 23.7 Å². The summed E-state index contributed by atoms with van der Waals surface area (Å²) in [6.07, 6.45) is 0. The SMILES string of the molecule is COc1ccc(C(=O)N(C)C)cc1N=[N+]=[N-]. The molecule has 16 heavy (non-hydrogen) atoms. The standard InChI is InChI=1S/C10H12N4O2/c1-14(2)10(15)7-4-5-9(16-3)8(6-7)12-13-11/h4-6H,1-3H3. The molecule has 1 aromatic rings. The number of methoxy groups -OCH3 is 1. The van der Waals surface area contributed by atoms with Gasteiger partial charge >= 0.3 is 0 Å². The molecule has 0 aromatic heterocycles. The molecular formula is C10H12N4O2. The van der Waals surface area contributed by atoms with Crippen LogP contribution < -0.4 is 4.74 Å². The molecule has 0 heterocycles. The molecule has 0 fully saturated rings. The molecule has 1 aromatic carbocycles. The van der Waals surface area contributed by atoms with E-state index in [-0.39, 0.29) is 5.91 Å². The minimum Gasteiger partial charge on any atom is -0.496 e. The topological polar surface area (TPSA) is 78.3 Å². The number of carbonyl (C=O) groups is 1. The molecular weight excluding hydrogens is 208 g/mol. The van der Waals surface area contributed by atoms with Crippen LogP contribution in [-0.2, 0) is 0 Å². The molecule has 0 spiro atoms. The van der Waals surface area contributed by atoms with Crippen LogP contribution in [0.1, 0.15) is 10.4 Å². The Labute approximate surface area is 93.1 Å². The lowest BCUT2D eigenvalue weighted by Gasteiger charge is -2.11. The van der Waals surface area contributed by atoms with Crippen molar-refractivity contribution in [2.24, 2.45) is 5.11 Å². The molecule has 0 N–H and O–H groups in total. The van der Waals surface area contributed by atoms with E-state index in [4.69, 9.17) is 10.3 Å². The summed E-state index contributed by atoms with van der Waals surface area (Å²) in [7, 11) is 4.78. The lowest BCUT2D eigenvalue weighted by molar-refractivity contribution is 0.0827. The minimum atomic E-state index is -0.156. The van der Waals surface area contributed by atoms with Crippen LogP contribution >= 0.6 is 0 Å². The fourth-order valence-corrected chi connectivity index (χ4v) is 1.21. The lowest BCUT2D eigenvalue weighted by atomic mass is 10.1. The summed E-state index contributed by atoms with van der Waals surface area (Å²) in [5, 5.41) is 3.46. The van der Waals surface area contributed by atoms with Crippen LogP contribution in [0.2, 0.25) is 0 Å². The van der Waals surface area contributed by atoms with Gasteiger partial charge in [0, 0.05) is 24.6 Å². The monoisotopic (exact) mass is 220 g/mol. The Morgan fingerprint density at radius 3 is 2.69 bits per heavy atom. The number of azide groups is 1. The normalized spacial score (nSPS) is 9.19. The molecule has 6 heteroatoms. The molecule has 0 aliphatic carbocycles. The van der Waals surface area contributed by atoms with E-state index in [0.717, 1.165) is 0 Å². The zero-order valence-corrected chi connectivity index (χ0v) is 9.34. The Balaban J connectivity index is 3.21. The van der Waals surface area contributed by atoms with Crippen LogP contribution in [0, 0.1) is 0 Å². The second kappa shape index (κ2) is 5.04. The first kappa shape index (κ1) is 11.9. The Kier molecular flexibility index (Phi) is 3.74.